The molecule has 0 bridgehead atoms. The fraction of sp³-hybridized carbons (Fsp3) is 0.263. The summed E-state index contributed by atoms with van der Waals surface area (Å²) in [6, 6.07) is 15.0. The van der Waals surface area contributed by atoms with E-state index in [-0.39, 0.29) is 22.9 Å². The van der Waals surface area contributed by atoms with E-state index >= 15 is 0 Å². The molecule has 0 fully saturated rings. The van der Waals surface area contributed by atoms with Gasteiger partial charge in [-0.1, -0.05) is 43.3 Å². The number of nitrogens with two attached hydrogens (primary N) is 1. The standard InChI is InChI=1S/C19H22N2O5S/c1-13(15-7-4-3-5-8-15)11-18(22)26-14(2)19(23)21-16-9-6-10-17(12-16)27(20,24)25/h3-10,12-14H,11H2,1-2H3,(H,21,23)(H2,20,24,25)/t13-,14-/m1/s1. The van der Waals surface area contributed by atoms with Gasteiger partial charge in [-0.3, -0.25) is 9.59 Å². The Hall–Kier alpha value is -2.71. The highest BCUT2D eigenvalue weighted by molar-refractivity contribution is 7.89. The van der Waals surface area contributed by atoms with E-state index in [9.17, 15) is 18.0 Å². The molecule has 0 aliphatic heterocycles. The van der Waals surface area contributed by atoms with E-state index in [0.29, 0.717) is 0 Å². The third-order valence-electron chi connectivity index (χ3n) is 3.95. The molecule has 2 rings (SSSR count). The van der Waals surface area contributed by atoms with Crippen LogP contribution in [0.5, 0.6) is 0 Å². The number of ether oxygens (including phenoxy) is 1. The van der Waals surface area contributed by atoms with Gasteiger partial charge >= 0.3 is 5.97 Å². The molecule has 0 saturated carbocycles. The molecule has 0 heterocycles. The summed E-state index contributed by atoms with van der Waals surface area (Å²) >= 11 is 0. The summed E-state index contributed by atoms with van der Waals surface area (Å²) in [6.45, 7) is 3.35. The van der Waals surface area contributed by atoms with Crippen molar-refractivity contribution in [1.29, 1.82) is 0 Å². The van der Waals surface area contributed by atoms with Crippen LogP contribution in [0.15, 0.2) is 59.5 Å². The van der Waals surface area contributed by atoms with E-state index in [4.69, 9.17) is 9.88 Å². The van der Waals surface area contributed by atoms with E-state index < -0.39 is 28.0 Å². The SMILES string of the molecule is C[C@H](CC(=O)O[C@H](C)C(=O)Nc1cccc(S(N)(=O)=O)c1)c1ccccc1. The number of nitrogens with one attached hydrogen (secondary N) is 1. The van der Waals surface area contributed by atoms with Crippen molar-refractivity contribution >= 4 is 27.6 Å². The van der Waals surface area contributed by atoms with E-state index in [1.165, 1.54) is 31.2 Å². The van der Waals surface area contributed by atoms with Crippen molar-refractivity contribution < 1.29 is 22.7 Å². The predicted octanol–water partition coefficient (Wildman–Crippen LogP) is 2.40. The van der Waals surface area contributed by atoms with Gasteiger partial charge in [0.15, 0.2) is 6.10 Å². The molecule has 0 saturated heterocycles. The number of carbonyl (C=O) groups is 2. The first-order valence-corrected chi connectivity index (χ1v) is 9.89. The molecule has 0 radical (unpaired) electrons. The van der Waals surface area contributed by atoms with E-state index in [2.05, 4.69) is 5.32 Å². The zero-order chi connectivity index (χ0) is 20.0. The largest absolute Gasteiger partial charge is 0.453 e. The third-order valence-corrected chi connectivity index (χ3v) is 4.86. The van der Waals surface area contributed by atoms with Gasteiger partial charge in [-0.25, -0.2) is 13.6 Å². The molecule has 1 amide bonds. The Balaban J connectivity index is 1.92. The maximum Gasteiger partial charge on any atom is 0.307 e. The lowest BCUT2D eigenvalue weighted by atomic mass is 9.98. The van der Waals surface area contributed by atoms with Crippen LogP contribution in [0.25, 0.3) is 0 Å². The Bertz CT molecular complexity index is 913. The van der Waals surface area contributed by atoms with Crippen molar-refractivity contribution in [3.05, 3.63) is 60.2 Å². The Morgan fingerprint density at radius 1 is 1.07 bits per heavy atom. The van der Waals surface area contributed by atoms with Crippen molar-refractivity contribution in [1.82, 2.24) is 0 Å². The number of sulfonamides is 1. The first-order valence-electron chi connectivity index (χ1n) is 8.35. The number of rotatable bonds is 7. The molecule has 27 heavy (non-hydrogen) atoms. The molecule has 2 aromatic carbocycles. The predicted molar refractivity (Wildman–Crippen MR) is 101 cm³/mol. The zero-order valence-electron chi connectivity index (χ0n) is 15.1. The van der Waals surface area contributed by atoms with E-state index in [0.717, 1.165) is 5.56 Å². The van der Waals surface area contributed by atoms with Crippen molar-refractivity contribution in [2.24, 2.45) is 5.14 Å². The lowest BCUT2D eigenvalue weighted by Crippen LogP contribution is -2.30. The van der Waals surface area contributed by atoms with Gasteiger partial charge in [0.2, 0.25) is 10.0 Å². The van der Waals surface area contributed by atoms with Gasteiger partial charge in [0.1, 0.15) is 0 Å². The average Bonchev–Trinajstić information content (AvgIpc) is 2.61. The summed E-state index contributed by atoms with van der Waals surface area (Å²) in [5, 5.41) is 7.58. The molecule has 0 aromatic heterocycles. The number of hydrogen-bond acceptors (Lipinski definition) is 5. The number of amides is 1. The number of carbonyl (C=O) groups excluding carboxylic acids is 2. The Morgan fingerprint density at radius 2 is 1.74 bits per heavy atom. The topological polar surface area (TPSA) is 116 Å². The lowest BCUT2D eigenvalue weighted by Gasteiger charge is -2.16. The molecule has 2 atom stereocenters. The summed E-state index contributed by atoms with van der Waals surface area (Å²) < 4.78 is 27.9. The summed E-state index contributed by atoms with van der Waals surface area (Å²) in [7, 11) is -3.88. The normalized spacial score (nSPS) is 13.4. The molecule has 144 valence electrons. The van der Waals surface area contributed by atoms with Crippen molar-refractivity contribution in [2.45, 2.75) is 37.2 Å². The quantitative estimate of drug-likeness (QED) is 0.704. The second-order valence-electron chi connectivity index (χ2n) is 6.21. The Labute approximate surface area is 158 Å². The summed E-state index contributed by atoms with van der Waals surface area (Å²) in [5.41, 5.74) is 1.25. The van der Waals surface area contributed by atoms with Crippen LogP contribution in [-0.4, -0.2) is 26.4 Å². The van der Waals surface area contributed by atoms with Gasteiger partial charge in [-0.05, 0) is 36.6 Å². The molecule has 0 aliphatic carbocycles. The average molecular weight is 390 g/mol. The second-order valence-corrected chi connectivity index (χ2v) is 7.77. The molecule has 7 nitrogen and oxygen atoms in total. The van der Waals surface area contributed by atoms with Crippen LogP contribution < -0.4 is 10.5 Å². The third kappa shape index (κ3) is 6.19. The molecule has 3 N–H and O–H groups in total. The first-order chi connectivity index (χ1) is 12.7. The van der Waals surface area contributed by atoms with Crippen molar-refractivity contribution in [3.8, 4) is 0 Å². The van der Waals surface area contributed by atoms with Crippen LogP contribution in [-0.2, 0) is 24.3 Å². The van der Waals surface area contributed by atoms with Gasteiger partial charge in [0.25, 0.3) is 5.91 Å². The molecule has 0 unspecified atom stereocenters. The van der Waals surface area contributed by atoms with Gasteiger partial charge in [-0.15, -0.1) is 0 Å². The van der Waals surface area contributed by atoms with E-state index in [1.807, 2.05) is 37.3 Å². The van der Waals surface area contributed by atoms with Gasteiger partial charge in [-0.2, -0.15) is 0 Å². The highest BCUT2D eigenvalue weighted by Crippen LogP contribution is 2.19. The molecular weight excluding hydrogens is 368 g/mol. The minimum atomic E-state index is -3.88. The summed E-state index contributed by atoms with van der Waals surface area (Å²) in [6.07, 6.45) is -0.888. The first kappa shape index (κ1) is 20.6. The zero-order valence-corrected chi connectivity index (χ0v) is 15.9. The van der Waals surface area contributed by atoms with Gasteiger partial charge < -0.3 is 10.1 Å². The lowest BCUT2D eigenvalue weighted by molar-refractivity contribution is -0.153. The molecular formula is C19H22N2O5S. The maximum atomic E-state index is 12.2. The summed E-state index contributed by atoms with van der Waals surface area (Å²) in [4.78, 5) is 24.2. The van der Waals surface area contributed by atoms with Crippen LogP contribution in [0.1, 0.15) is 31.7 Å². The maximum absolute atomic E-state index is 12.2. The fourth-order valence-corrected chi connectivity index (χ4v) is 3.00. The molecule has 0 aliphatic rings. The minimum absolute atomic E-state index is 0.0413. The highest BCUT2D eigenvalue weighted by atomic mass is 32.2. The van der Waals surface area contributed by atoms with Crippen LogP contribution in [0.3, 0.4) is 0 Å². The number of hydrogen-bond donors (Lipinski definition) is 2. The number of esters is 1. The highest BCUT2D eigenvalue weighted by Gasteiger charge is 2.20. The Morgan fingerprint density at radius 3 is 2.37 bits per heavy atom. The molecule has 8 heteroatoms. The van der Waals surface area contributed by atoms with Crippen LogP contribution in [0.2, 0.25) is 0 Å². The minimum Gasteiger partial charge on any atom is -0.453 e. The van der Waals surface area contributed by atoms with Crippen LogP contribution in [0, 0.1) is 0 Å². The number of benzene rings is 2. The number of anilines is 1. The van der Waals surface area contributed by atoms with Gasteiger partial charge in [0.05, 0.1) is 11.3 Å². The summed E-state index contributed by atoms with van der Waals surface area (Å²) in [5.74, 6) is -1.10. The van der Waals surface area contributed by atoms with E-state index in [1.54, 1.807) is 0 Å². The molecule has 2 aromatic rings. The van der Waals surface area contributed by atoms with Crippen molar-refractivity contribution in [3.63, 3.8) is 0 Å². The Kier molecular flexibility index (Phi) is 6.70. The van der Waals surface area contributed by atoms with Crippen LogP contribution in [0.4, 0.5) is 5.69 Å². The van der Waals surface area contributed by atoms with Crippen LogP contribution >= 0.6 is 0 Å². The number of primary sulfonamides is 1. The molecule has 0 spiro atoms. The smallest absolute Gasteiger partial charge is 0.307 e. The second kappa shape index (κ2) is 8.79. The fourth-order valence-electron chi connectivity index (χ4n) is 2.44. The van der Waals surface area contributed by atoms with Gasteiger partial charge in [0, 0.05) is 5.69 Å². The van der Waals surface area contributed by atoms with Crippen molar-refractivity contribution in [2.75, 3.05) is 5.32 Å². The monoisotopic (exact) mass is 390 g/mol.